The second-order valence-corrected chi connectivity index (χ2v) is 15.9. The molecule has 0 saturated heterocycles. The van der Waals surface area contributed by atoms with Crippen LogP contribution in [-0.2, 0) is 27.4 Å². The number of allylic oxidation sites excluding steroid dienone is 1. The number of hydrogen-bond acceptors (Lipinski definition) is 10. The average molecular weight is 854 g/mol. The van der Waals surface area contributed by atoms with Crippen molar-refractivity contribution in [1.82, 2.24) is 10.2 Å². The molecule has 12 nitrogen and oxygen atoms in total. The van der Waals surface area contributed by atoms with Crippen LogP contribution in [0.3, 0.4) is 0 Å². The van der Waals surface area contributed by atoms with E-state index >= 15 is 0 Å². The third kappa shape index (κ3) is 10.9. The van der Waals surface area contributed by atoms with E-state index in [0.29, 0.717) is 48.6 Å². The van der Waals surface area contributed by atoms with E-state index in [2.05, 4.69) is 24.6 Å². The van der Waals surface area contributed by atoms with E-state index in [1.165, 1.54) is 12.1 Å². The minimum absolute atomic E-state index is 0.000793. The van der Waals surface area contributed by atoms with Gasteiger partial charge in [-0.05, 0) is 97.9 Å². The molecule has 2 aliphatic carbocycles. The van der Waals surface area contributed by atoms with Crippen molar-refractivity contribution in [3.05, 3.63) is 132 Å². The summed E-state index contributed by atoms with van der Waals surface area (Å²) in [5.74, 6) is -2.15. The molecule has 332 valence electrons. The maximum absolute atomic E-state index is 14.5. The highest BCUT2D eigenvalue weighted by Gasteiger charge is 2.65. The lowest BCUT2D eigenvalue weighted by Crippen LogP contribution is -2.70. The van der Waals surface area contributed by atoms with Crippen molar-refractivity contribution in [1.29, 1.82) is 0 Å². The summed E-state index contributed by atoms with van der Waals surface area (Å²) in [6.07, 6.45) is 9.13. The summed E-state index contributed by atoms with van der Waals surface area (Å²) in [4.78, 5) is 35.1. The number of carbonyl (C=O) groups excluding carboxylic acids is 2. The van der Waals surface area contributed by atoms with Crippen LogP contribution in [0.25, 0.3) is 0 Å². The van der Waals surface area contributed by atoms with Gasteiger partial charge in [0.2, 0.25) is 5.79 Å². The van der Waals surface area contributed by atoms with Gasteiger partial charge in [0.25, 0.3) is 0 Å². The van der Waals surface area contributed by atoms with Gasteiger partial charge in [-0.15, -0.1) is 13.2 Å². The Hall–Kier alpha value is -5.50. The lowest BCUT2D eigenvalue weighted by molar-refractivity contribution is -0.256. The molecule has 3 aromatic rings. The fourth-order valence-corrected chi connectivity index (χ4v) is 9.17. The number of fused-ring (bicyclic) bond motifs is 2. The van der Waals surface area contributed by atoms with Gasteiger partial charge in [-0.3, -0.25) is 4.90 Å². The SMILES string of the molecule is C=CCCOC(=O)N(Cc1ccc(F)cc1)C1CC(=NOCC)C2=CC(CCCCO)C(CCCCO)C3c4cc(OC(=O)NCc5ccccc5)ccc4OC1(OCC=C)C23. The van der Waals surface area contributed by atoms with Gasteiger partial charge in [0, 0.05) is 44.2 Å². The van der Waals surface area contributed by atoms with Gasteiger partial charge in [0.15, 0.2) is 0 Å². The highest BCUT2D eigenvalue weighted by atomic mass is 19.1. The minimum atomic E-state index is -1.55. The van der Waals surface area contributed by atoms with Crippen LogP contribution < -0.4 is 14.8 Å². The van der Waals surface area contributed by atoms with Crippen molar-refractivity contribution in [3.8, 4) is 11.5 Å². The molecular weight excluding hydrogens is 794 g/mol. The number of ether oxygens (including phenoxy) is 4. The highest BCUT2D eigenvalue weighted by Crippen LogP contribution is 2.62. The Morgan fingerprint density at radius 3 is 2.45 bits per heavy atom. The van der Waals surface area contributed by atoms with Gasteiger partial charge in [-0.1, -0.05) is 78.7 Å². The van der Waals surface area contributed by atoms with E-state index in [1.54, 1.807) is 41.3 Å². The normalized spacial score (nSPS) is 22.9. The van der Waals surface area contributed by atoms with Crippen molar-refractivity contribution in [2.24, 2.45) is 22.9 Å². The number of aliphatic hydroxyl groups is 2. The molecule has 1 saturated carbocycles. The lowest BCUT2D eigenvalue weighted by Gasteiger charge is -2.59. The predicted molar refractivity (Wildman–Crippen MR) is 234 cm³/mol. The molecule has 3 aromatic carbocycles. The van der Waals surface area contributed by atoms with Gasteiger partial charge >= 0.3 is 12.2 Å². The summed E-state index contributed by atoms with van der Waals surface area (Å²) >= 11 is 0. The van der Waals surface area contributed by atoms with Gasteiger partial charge in [-0.25, -0.2) is 14.0 Å². The summed E-state index contributed by atoms with van der Waals surface area (Å²) < 4.78 is 40.3. The molecule has 2 amide bonds. The zero-order valence-corrected chi connectivity index (χ0v) is 35.6. The van der Waals surface area contributed by atoms with Gasteiger partial charge in [0.1, 0.15) is 30.0 Å². The molecule has 1 heterocycles. The molecule has 6 unspecified atom stereocenters. The number of benzene rings is 3. The first-order chi connectivity index (χ1) is 30.3. The number of nitrogens with one attached hydrogen (secondary N) is 1. The van der Waals surface area contributed by atoms with Crippen LogP contribution in [-0.4, -0.2) is 77.9 Å². The predicted octanol–water partition coefficient (Wildman–Crippen LogP) is 8.98. The number of nitrogens with zero attached hydrogens (tertiary/aromatic N) is 2. The Labute approximate surface area is 364 Å². The fraction of sp³-hybridized carbons (Fsp3) is 0.449. The summed E-state index contributed by atoms with van der Waals surface area (Å²) in [7, 11) is 0. The van der Waals surface area contributed by atoms with Gasteiger partial charge < -0.3 is 39.3 Å². The van der Waals surface area contributed by atoms with E-state index in [9.17, 15) is 24.2 Å². The molecule has 3 aliphatic rings. The maximum atomic E-state index is 14.5. The molecular formula is C49H60FN3O9. The lowest BCUT2D eigenvalue weighted by atomic mass is 9.55. The Morgan fingerprint density at radius 1 is 0.984 bits per heavy atom. The maximum Gasteiger partial charge on any atom is 0.412 e. The van der Waals surface area contributed by atoms with Crippen molar-refractivity contribution in [3.63, 3.8) is 0 Å². The summed E-state index contributed by atoms with van der Waals surface area (Å²) in [5, 5.41) is 27.4. The van der Waals surface area contributed by atoms with Crippen LogP contribution in [0.15, 0.2) is 115 Å². The topological polar surface area (TPSA) is 148 Å². The van der Waals surface area contributed by atoms with Crippen LogP contribution in [0.5, 0.6) is 11.5 Å². The summed E-state index contributed by atoms with van der Waals surface area (Å²) in [6, 6.07) is 20.0. The first-order valence-corrected chi connectivity index (χ1v) is 21.8. The Balaban J connectivity index is 1.54. The monoisotopic (exact) mass is 853 g/mol. The summed E-state index contributed by atoms with van der Waals surface area (Å²) in [6.45, 7) is 10.5. The standard InChI is InChI=1S/C49H60FN3O9/c1-4-7-28-58-48(57)53(33-35-19-21-37(50)22-20-35)44-31-42(52-60-6-3)40-29-36(17-11-13-25-54)39(18-12-14-26-55)45-41-30-38(61-47(56)51-32-34-15-9-8-10-16-34)23-24-43(41)62-49(44,46(40)45)59-27-5-2/h4-5,8-10,15-16,19-24,29-30,36,39,44-46,54-55H,1-2,6-7,11-14,17-18,25-28,31-33H2,3H3,(H,51,56). The van der Waals surface area contributed by atoms with E-state index < -0.39 is 35.8 Å². The fourth-order valence-electron chi connectivity index (χ4n) is 9.17. The number of unbranched alkanes of at least 4 members (excludes halogenated alkanes) is 2. The van der Waals surface area contributed by atoms with Gasteiger partial charge in [0.05, 0.1) is 24.8 Å². The number of halogens is 1. The Bertz CT molecular complexity index is 2030. The zero-order valence-electron chi connectivity index (χ0n) is 35.6. The smallest absolute Gasteiger partial charge is 0.412 e. The number of rotatable bonds is 22. The number of oxime groups is 1. The molecule has 0 radical (unpaired) electrons. The Kier molecular flexibility index (Phi) is 16.7. The third-order valence-corrected chi connectivity index (χ3v) is 11.9. The van der Waals surface area contributed by atoms with Crippen LogP contribution in [0.4, 0.5) is 14.0 Å². The van der Waals surface area contributed by atoms with E-state index in [0.717, 1.165) is 42.4 Å². The van der Waals surface area contributed by atoms with E-state index in [4.69, 9.17) is 28.9 Å². The third-order valence-electron chi connectivity index (χ3n) is 11.9. The molecule has 1 fully saturated rings. The molecule has 1 aliphatic heterocycles. The number of aliphatic hydroxyl groups excluding tert-OH is 2. The number of carbonyl (C=O) groups is 2. The van der Waals surface area contributed by atoms with E-state index in [1.807, 2.05) is 43.3 Å². The second kappa shape index (κ2) is 22.6. The first-order valence-electron chi connectivity index (χ1n) is 21.8. The van der Waals surface area contributed by atoms with Crippen molar-refractivity contribution >= 4 is 17.9 Å². The zero-order chi connectivity index (χ0) is 43.9. The molecule has 0 aromatic heterocycles. The van der Waals surface area contributed by atoms with E-state index in [-0.39, 0.29) is 63.7 Å². The molecule has 6 rings (SSSR count). The van der Waals surface area contributed by atoms with Crippen molar-refractivity contribution in [2.45, 2.75) is 89.1 Å². The van der Waals surface area contributed by atoms with Crippen LogP contribution in [0.1, 0.15) is 80.9 Å². The first kappa shape index (κ1) is 46.0. The largest absolute Gasteiger partial charge is 0.459 e. The van der Waals surface area contributed by atoms with Gasteiger partial charge in [-0.2, -0.15) is 0 Å². The number of hydrogen-bond donors (Lipinski definition) is 3. The highest BCUT2D eigenvalue weighted by molar-refractivity contribution is 6.03. The molecule has 3 N–H and O–H groups in total. The minimum Gasteiger partial charge on any atom is -0.459 e. The van der Waals surface area contributed by atoms with Crippen LogP contribution in [0.2, 0.25) is 0 Å². The van der Waals surface area contributed by atoms with Crippen LogP contribution in [0, 0.1) is 23.6 Å². The average Bonchev–Trinajstić information content (AvgIpc) is 3.28. The molecule has 6 atom stereocenters. The van der Waals surface area contributed by atoms with Crippen molar-refractivity contribution in [2.75, 3.05) is 33.0 Å². The molecule has 13 heteroatoms. The molecule has 62 heavy (non-hydrogen) atoms. The molecule has 0 bridgehead atoms. The quantitative estimate of drug-likeness (QED) is 0.0512. The summed E-state index contributed by atoms with van der Waals surface area (Å²) in [5.41, 5.74) is 3.85. The number of amides is 2. The second-order valence-electron chi connectivity index (χ2n) is 15.9. The van der Waals surface area contributed by atoms with Crippen molar-refractivity contribution < 1.29 is 48.0 Å². The molecule has 0 spiro atoms. The van der Waals surface area contributed by atoms with Crippen LogP contribution >= 0.6 is 0 Å². The Morgan fingerprint density at radius 2 is 1.74 bits per heavy atom.